The van der Waals surface area contributed by atoms with E-state index in [2.05, 4.69) is 18.3 Å². The molecule has 0 aromatic rings. The summed E-state index contributed by atoms with van der Waals surface area (Å²) in [5.41, 5.74) is -0.485. The second-order valence-corrected chi connectivity index (χ2v) is 4.63. The molecule has 0 saturated carbocycles. The smallest absolute Gasteiger partial charge is 0.106 e. The molecule has 0 bridgehead atoms. The van der Waals surface area contributed by atoms with Gasteiger partial charge in [-0.1, -0.05) is 6.92 Å². The molecule has 3 nitrogen and oxygen atoms in total. The van der Waals surface area contributed by atoms with E-state index in [1.807, 2.05) is 27.7 Å². The van der Waals surface area contributed by atoms with Crippen LogP contribution in [0.2, 0.25) is 0 Å². The normalized spacial score (nSPS) is 17.1. The first-order valence-electron chi connectivity index (χ1n) is 5.74. The van der Waals surface area contributed by atoms with Crippen LogP contribution in [0.4, 0.5) is 0 Å². The Balaban J connectivity index is 4.13. The van der Waals surface area contributed by atoms with Gasteiger partial charge >= 0.3 is 0 Å². The molecule has 0 radical (unpaired) electrons. The Morgan fingerprint density at radius 1 is 1.40 bits per heavy atom. The van der Waals surface area contributed by atoms with Gasteiger partial charge in [0.05, 0.1) is 12.2 Å². The molecule has 0 aliphatic heterocycles. The van der Waals surface area contributed by atoms with Gasteiger partial charge < -0.3 is 4.74 Å². The molecule has 88 valence electrons. The van der Waals surface area contributed by atoms with Gasteiger partial charge in [0.1, 0.15) is 5.54 Å². The number of hydrogen-bond donors (Lipinski definition) is 1. The number of rotatable bonds is 7. The molecule has 0 heterocycles. The van der Waals surface area contributed by atoms with Crippen LogP contribution in [0, 0.1) is 11.3 Å². The van der Waals surface area contributed by atoms with Crippen molar-refractivity contribution in [3.8, 4) is 6.07 Å². The Morgan fingerprint density at radius 2 is 2.00 bits per heavy atom. The van der Waals surface area contributed by atoms with Gasteiger partial charge in [-0.3, -0.25) is 5.32 Å². The Morgan fingerprint density at radius 3 is 2.40 bits per heavy atom. The van der Waals surface area contributed by atoms with Crippen molar-refractivity contribution >= 4 is 0 Å². The first-order chi connectivity index (χ1) is 6.93. The monoisotopic (exact) mass is 212 g/mol. The fourth-order valence-corrected chi connectivity index (χ4v) is 1.73. The van der Waals surface area contributed by atoms with Crippen molar-refractivity contribution in [3.05, 3.63) is 0 Å². The largest absolute Gasteiger partial charge is 0.378 e. The minimum absolute atomic E-state index is 0.126. The summed E-state index contributed by atoms with van der Waals surface area (Å²) in [5, 5.41) is 12.4. The third-order valence-corrected chi connectivity index (χ3v) is 2.16. The predicted octanol–water partition coefficient (Wildman–Crippen LogP) is 2.47. The summed E-state index contributed by atoms with van der Waals surface area (Å²) in [6.45, 7) is 10.9. The molecular weight excluding hydrogens is 188 g/mol. The zero-order valence-electron chi connectivity index (χ0n) is 10.6. The zero-order chi connectivity index (χ0) is 11.9. The maximum atomic E-state index is 9.14. The highest BCUT2D eigenvalue weighted by Gasteiger charge is 2.26. The summed E-state index contributed by atoms with van der Waals surface area (Å²) in [5.74, 6) is 0. The van der Waals surface area contributed by atoms with Crippen LogP contribution in [0.3, 0.4) is 0 Å². The van der Waals surface area contributed by atoms with E-state index < -0.39 is 5.54 Å². The van der Waals surface area contributed by atoms with Crippen molar-refractivity contribution in [3.63, 3.8) is 0 Å². The molecule has 1 N–H and O–H groups in total. The molecule has 0 fully saturated rings. The van der Waals surface area contributed by atoms with Crippen LogP contribution in [0.5, 0.6) is 0 Å². The van der Waals surface area contributed by atoms with Crippen LogP contribution >= 0.6 is 0 Å². The topological polar surface area (TPSA) is 45.0 Å². The second kappa shape index (κ2) is 6.81. The van der Waals surface area contributed by atoms with Crippen LogP contribution < -0.4 is 5.32 Å². The SMILES string of the molecule is CCCOC(C)CC(C)(C#N)NC(C)C. The Kier molecular flexibility index (Phi) is 6.55. The highest BCUT2D eigenvalue weighted by molar-refractivity contribution is 5.05. The average Bonchev–Trinajstić information content (AvgIpc) is 2.13. The lowest BCUT2D eigenvalue weighted by atomic mass is 9.95. The van der Waals surface area contributed by atoms with E-state index in [4.69, 9.17) is 10.00 Å². The fraction of sp³-hybridized carbons (Fsp3) is 0.917. The van der Waals surface area contributed by atoms with Gasteiger partial charge in [-0.2, -0.15) is 5.26 Å². The van der Waals surface area contributed by atoms with Gasteiger partial charge in [0, 0.05) is 19.1 Å². The summed E-state index contributed by atoms with van der Waals surface area (Å²) in [4.78, 5) is 0. The van der Waals surface area contributed by atoms with Gasteiger partial charge in [-0.15, -0.1) is 0 Å². The summed E-state index contributed by atoms with van der Waals surface area (Å²) in [6.07, 6.45) is 1.87. The van der Waals surface area contributed by atoms with E-state index in [-0.39, 0.29) is 6.10 Å². The van der Waals surface area contributed by atoms with E-state index in [1.54, 1.807) is 0 Å². The Bertz CT molecular complexity index is 210. The number of hydrogen-bond acceptors (Lipinski definition) is 3. The van der Waals surface area contributed by atoms with E-state index >= 15 is 0 Å². The first kappa shape index (κ1) is 14.4. The first-order valence-corrected chi connectivity index (χ1v) is 5.74. The lowest BCUT2D eigenvalue weighted by Gasteiger charge is -2.28. The molecule has 2 unspecified atom stereocenters. The molecule has 0 aliphatic carbocycles. The van der Waals surface area contributed by atoms with Crippen LogP contribution in [-0.4, -0.2) is 24.3 Å². The quantitative estimate of drug-likeness (QED) is 0.705. The van der Waals surface area contributed by atoms with Gasteiger partial charge in [-0.25, -0.2) is 0 Å². The molecule has 0 aromatic carbocycles. The summed E-state index contributed by atoms with van der Waals surface area (Å²) >= 11 is 0. The van der Waals surface area contributed by atoms with E-state index in [0.29, 0.717) is 6.04 Å². The summed E-state index contributed by atoms with van der Waals surface area (Å²) in [7, 11) is 0. The Hall–Kier alpha value is -0.590. The van der Waals surface area contributed by atoms with Crippen LogP contribution in [-0.2, 0) is 4.74 Å². The van der Waals surface area contributed by atoms with Crippen molar-refractivity contribution in [1.82, 2.24) is 5.32 Å². The van der Waals surface area contributed by atoms with Gasteiger partial charge in [-0.05, 0) is 34.1 Å². The molecule has 0 aliphatic rings. The van der Waals surface area contributed by atoms with Crippen LogP contribution in [0.25, 0.3) is 0 Å². The third kappa shape index (κ3) is 6.48. The predicted molar refractivity (Wildman–Crippen MR) is 62.6 cm³/mol. The molecule has 0 aromatic heterocycles. The lowest BCUT2D eigenvalue weighted by molar-refractivity contribution is 0.0471. The molecule has 0 spiro atoms. The average molecular weight is 212 g/mol. The molecule has 2 atom stereocenters. The summed E-state index contributed by atoms with van der Waals surface area (Å²) < 4.78 is 5.58. The molecule has 0 amide bonds. The molecule has 0 saturated heterocycles. The lowest BCUT2D eigenvalue weighted by Crippen LogP contribution is -2.47. The number of nitriles is 1. The van der Waals surface area contributed by atoms with E-state index in [0.717, 1.165) is 19.4 Å². The Labute approximate surface area is 93.8 Å². The van der Waals surface area contributed by atoms with Gasteiger partial charge in [0.25, 0.3) is 0 Å². The van der Waals surface area contributed by atoms with Crippen LogP contribution in [0.1, 0.15) is 47.5 Å². The van der Waals surface area contributed by atoms with Crippen molar-refractivity contribution in [2.24, 2.45) is 0 Å². The molecule has 15 heavy (non-hydrogen) atoms. The standard InChI is InChI=1S/C12H24N2O/c1-6-7-15-11(4)8-12(5,9-13)14-10(2)3/h10-11,14H,6-8H2,1-5H3. The highest BCUT2D eigenvalue weighted by atomic mass is 16.5. The van der Waals surface area contributed by atoms with Crippen molar-refractivity contribution < 1.29 is 4.74 Å². The minimum Gasteiger partial charge on any atom is -0.378 e. The van der Waals surface area contributed by atoms with E-state index in [9.17, 15) is 0 Å². The minimum atomic E-state index is -0.485. The molecule has 3 heteroatoms. The van der Waals surface area contributed by atoms with Gasteiger partial charge in [0.15, 0.2) is 0 Å². The zero-order valence-corrected chi connectivity index (χ0v) is 10.6. The number of ether oxygens (including phenoxy) is 1. The van der Waals surface area contributed by atoms with Crippen LogP contribution in [0.15, 0.2) is 0 Å². The number of nitrogens with zero attached hydrogens (tertiary/aromatic N) is 1. The van der Waals surface area contributed by atoms with Crippen molar-refractivity contribution in [2.45, 2.75) is 65.1 Å². The van der Waals surface area contributed by atoms with Crippen molar-refractivity contribution in [1.29, 1.82) is 5.26 Å². The van der Waals surface area contributed by atoms with Crippen molar-refractivity contribution in [2.75, 3.05) is 6.61 Å². The third-order valence-electron chi connectivity index (χ3n) is 2.16. The van der Waals surface area contributed by atoms with E-state index in [1.165, 1.54) is 0 Å². The molecular formula is C12H24N2O. The maximum absolute atomic E-state index is 9.14. The fourth-order valence-electron chi connectivity index (χ4n) is 1.73. The highest BCUT2D eigenvalue weighted by Crippen LogP contribution is 2.14. The molecule has 0 rings (SSSR count). The maximum Gasteiger partial charge on any atom is 0.106 e. The summed E-state index contributed by atoms with van der Waals surface area (Å²) in [6, 6.07) is 2.64. The van der Waals surface area contributed by atoms with Gasteiger partial charge in [0.2, 0.25) is 0 Å². The number of nitrogens with one attached hydrogen (secondary N) is 1. The second-order valence-electron chi connectivity index (χ2n) is 4.63.